The van der Waals surface area contributed by atoms with E-state index >= 15 is 0 Å². The van der Waals surface area contributed by atoms with Crippen LogP contribution in [-0.4, -0.2) is 10.9 Å². The molecule has 3 N–H and O–H groups in total. The van der Waals surface area contributed by atoms with Crippen LogP contribution in [0.5, 0.6) is 0 Å². The van der Waals surface area contributed by atoms with Crippen LogP contribution in [0.2, 0.25) is 0 Å². The zero-order chi connectivity index (χ0) is 15.7. The third-order valence-electron chi connectivity index (χ3n) is 3.34. The standard InChI is InChI=1S/C16H21N3OS/c1-15(2,3)12-10-21-14(18-12)19-13(20)16(4,17)11-8-6-5-7-9-11/h5-10H,17H2,1-4H3,(H,18,19,20). The normalized spacial score (nSPS) is 14.5. The third-order valence-corrected chi connectivity index (χ3v) is 4.10. The van der Waals surface area contributed by atoms with E-state index in [1.54, 1.807) is 6.92 Å². The van der Waals surface area contributed by atoms with Crippen LogP contribution in [0.4, 0.5) is 5.13 Å². The summed E-state index contributed by atoms with van der Waals surface area (Å²) < 4.78 is 0. The van der Waals surface area contributed by atoms with Crippen molar-refractivity contribution in [2.75, 3.05) is 5.32 Å². The molecule has 2 aromatic rings. The summed E-state index contributed by atoms with van der Waals surface area (Å²) in [5.41, 5.74) is 6.79. The smallest absolute Gasteiger partial charge is 0.250 e. The van der Waals surface area contributed by atoms with Crippen LogP contribution in [-0.2, 0) is 15.7 Å². The van der Waals surface area contributed by atoms with Gasteiger partial charge in [0.25, 0.3) is 5.91 Å². The van der Waals surface area contributed by atoms with Crippen molar-refractivity contribution in [3.63, 3.8) is 0 Å². The van der Waals surface area contributed by atoms with Crippen molar-refractivity contribution in [2.45, 2.75) is 38.6 Å². The number of carbonyl (C=O) groups is 1. The van der Waals surface area contributed by atoms with Crippen molar-refractivity contribution < 1.29 is 4.79 Å². The van der Waals surface area contributed by atoms with Gasteiger partial charge in [-0.1, -0.05) is 51.1 Å². The predicted octanol–water partition coefficient (Wildman–Crippen LogP) is 3.25. The summed E-state index contributed by atoms with van der Waals surface area (Å²) in [5.74, 6) is -0.261. The van der Waals surface area contributed by atoms with Gasteiger partial charge in [-0.2, -0.15) is 0 Å². The van der Waals surface area contributed by atoms with Gasteiger partial charge in [0.05, 0.1) is 5.69 Å². The van der Waals surface area contributed by atoms with Crippen LogP contribution in [0.1, 0.15) is 39.0 Å². The van der Waals surface area contributed by atoms with E-state index < -0.39 is 5.54 Å². The van der Waals surface area contributed by atoms with E-state index in [-0.39, 0.29) is 11.3 Å². The molecule has 0 fully saturated rings. The molecule has 1 aromatic carbocycles. The quantitative estimate of drug-likeness (QED) is 0.914. The Hall–Kier alpha value is -1.72. The summed E-state index contributed by atoms with van der Waals surface area (Å²) in [5, 5.41) is 5.36. The molecule has 1 unspecified atom stereocenters. The van der Waals surface area contributed by atoms with Crippen LogP contribution < -0.4 is 11.1 Å². The Bertz CT molecular complexity index is 626. The van der Waals surface area contributed by atoms with Crippen molar-refractivity contribution in [3.8, 4) is 0 Å². The lowest BCUT2D eigenvalue weighted by atomic mass is 9.92. The lowest BCUT2D eigenvalue weighted by Crippen LogP contribution is -2.45. The fraction of sp³-hybridized carbons (Fsp3) is 0.375. The van der Waals surface area contributed by atoms with Crippen LogP contribution >= 0.6 is 11.3 Å². The molecule has 1 heterocycles. The minimum Gasteiger partial charge on any atom is -0.314 e. The second-order valence-electron chi connectivity index (χ2n) is 6.31. The minimum absolute atomic E-state index is 0.0368. The zero-order valence-electron chi connectivity index (χ0n) is 12.8. The Morgan fingerprint density at radius 1 is 1.19 bits per heavy atom. The van der Waals surface area contributed by atoms with Gasteiger partial charge in [0, 0.05) is 10.8 Å². The van der Waals surface area contributed by atoms with Crippen LogP contribution in [0.3, 0.4) is 0 Å². The van der Waals surface area contributed by atoms with Crippen molar-refractivity contribution in [2.24, 2.45) is 5.73 Å². The first-order valence-corrected chi connectivity index (χ1v) is 7.71. The molecule has 0 aliphatic heterocycles. The molecule has 112 valence electrons. The number of anilines is 1. The van der Waals surface area contributed by atoms with Gasteiger partial charge < -0.3 is 11.1 Å². The number of benzene rings is 1. The van der Waals surface area contributed by atoms with Crippen molar-refractivity contribution >= 4 is 22.4 Å². The number of aromatic nitrogens is 1. The van der Waals surface area contributed by atoms with Crippen LogP contribution in [0.15, 0.2) is 35.7 Å². The van der Waals surface area contributed by atoms with Crippen LogP contribution in [0.25, 0.3) is 0 Å². The number of hydrogen-bond donors (Lipinski definition) is 2. The number of carbonyl (C=O) groups excluding carboxylic acids is 1. The molecule has 5 heteroatoms. The van der Waals surface area contributed by atoms with E-state index in [0.29, 0.717) is 5.13 Å². The molecule has 0 saturated carbocycles. The van der Waals surface area contributed by atoms with Crippen molar-refractivity contribution in [3.05, 3.63) is 47.0 Å². The molecule has 21 heavy (non-hydrogen) atoms. The molecule has 0 bridgehead atoms. The molecular formula is C16H21N3OS. The van der Waals surface area contributed by atoms with Gasteiger partial charge in [0.2, 0.25) is 0 Å². The lowest BCUT2D eigenvalue weighted by Gasteiger charge is -2.23. The summed E-state index contributed by atoms with van der Waals surface area (Å²) in [6.45, 7) is 7.97. The molecular weight excluding hydrogens is 282 g/mol. The average Bonchev–Trinajstić information content (AvgIpc) is 2.88. The summed E-state index contributed by atoms with van der Waals surface area (Å²) in [4.78, 5) is 16.9. The molecule has 1 amide bonds. The molecule has 0 spiro atoms. The largest absolute Gasteiger partial charge is 0.314 e. The molecule has 1 atom stereocenters. The Balaban J connectivity index is 2.16. The van der Waals surface area contributed by atoms with Gasteiger partial charge in [-0.15, -0.1) is 11.3 Å². The second-order valence-corrected chi connectivity index (χ2v) is 7.17. The van der Waals surface area contributed by atoms with Gasteiger partial charge in [-0.05, 0) is 12.5 Å². The van der Waals surface area contributed by atoms with E-state index in [4.69, 9.17) is 5.73 Å². The molecule has 0 aliphatic carbocycles. The third kappa shape index (κ3) is 3.49. The average molecular weight is 303 g/mol. The number of rotatable bonds is 3. The molecule has 1 aromatic heterocycles. The molecule has 2 rings (SSSR count). The van der Waals surface area contributed by atoms with Crippen molar-refractivity contribution in [1.29, 1.82) is 0 Å². The zero-order valence-corrected chi connectivity index (χ0v) is 13.6. The fourth-order valence-corrected chi connectivity index (χ4v) is 2.75. The van der Waals surface area contributed by atoms with Gasteiger partial charge >= 0.3 is 0 Å². The van der Waals surface area contributed by atoms with Gasteiger partial charge in [-0.3, -0.25) is 4.79 Å². The highest BCUT2D eigenvalue weighted by Crippen LogP contribution is 2.27. The van der Waals surface area contributed by atoms with E-state index in [1.165, 1.54) is 11.3 Å². The Labute approximate surface area is 129 Å². The number of amides is 1. The maximum Gasteiger partial charge on any atom is 0.250 e. The van der Waals surface area contributed by atoms with E-state index in [0.717, 1.165) is 11.3 Å². The first-order chi connectivity index (χ1) is 9.71. The first kappa shape index (κ1) is 15.7. The summed E-state index contributed by atoms with van der Waals surface area (Å²) in [7, 11) is 0. The van der Waals surface area contributed by atoms with Crippen LogP contribution in [0, 0.1) is 0 Å². The number of thiazole rings is 1. The monoisotopic (exact) mass is 303 g/mol. The van der Waals surface area contributed by atoms with Crippen molar-refractivity contribution in [1.82, 2.24) is 4.98 Å². The maximum atomic E-state index is 12.4. The van der Waals surface area contributed by atoms with E-state index in [9.17, 15) is 4.79 Å². The minimum atomic E-state index is -1.09. The van der Waals surface area contributed by atoms with E-state index in [1.807, 2.05) is 35.7 Å². The lowest BCUT2D eigenvalue weighted by molar-refractivity contribution is -0.120. The Morgan fingerprint density at radius 3 is 2.33 bits per heavy atom. The van der Waals surface area contributed by atoms with Gasteiger partial charge in [0.15, 0.2) is 5.13 Å². The SMILES string of the molecule is CC(C)(C)c1csc(NC(=O)C(C)(N)c2ccccc2)n1. The second kappa shape index (κ2) is 5.58. The Morgan fingerprint density at radius 2 is 1.81 bits per heavy atom. The Kier molecular flexibility index (Phi) is 4.16. The highest BCUT2D eigenvalue weighted by Gasteiger charge is 2.31. The molecule has 0 radical (unpaired) electrons. The number of hydrogen-bond acceptors (Lipinski definition) is 4. The van der Waals surface area contributed by atoms with Gasteiger partial charge in [0.1, 0.15) is 5.54 Å². The van der Waals surface area contributed by atoms with Gasteiger partial charge in [-0.25, -0.2) is 4.98 Å². The summed E-state index contributed by atoms with van der Waals surface area (Å²) >= 11 is 1.42. The molecule has 0 saturated heterocycles. The molecule has 0 aliphatic rings. The predicted molar refractivity (Wildman–Crippen MR) is 87.4 cm³/mol. The topological polar surface area (TPSA) is 68.0 Å². The summed E-state index contributed by atoms with van der Waals surface area (Å²) in [6.07, 6.45) is 0. The number of nitrogens with one attached hydrogen (secondary N) is 1. The first-order valence-electron chi connectivity index (χ1n) is 6.83. The molecule has 4 nitrogen and oxygen atoms in total. The highest BCUT2D eigenvalue weighted by atomic mass is 32.1. The van der Waals surface area contributed by atoms with E-state index in [2.05, 4.69) is 31.1 Å². The summed E-state index contributed by atoms with van der Waals surface area (Å²) in [6, 6.07) is 9.33. The number of nitrogens with zero attached hydrogens (tertiary/aromatic N) is 1. The highest BCUT2D eigenvalue weighted by molar-refractivity contribution is 7.14. The maximum absolute atomic E-state index is 12.4. The fourth-order valence-electron chi connectivity index (χ4n) is 1.82. The number of nitrogens with two attached hydrogens (primary N) is 1.